The number of aryl methyl sites for hydroxylation is 1. The lowest BCUT2D eigenvalue weighted by Gasteiger charge is -2.04. The molecule has 3 heteroatoms. The number of hydrogen-bond donors (Lipinski definition) is 0. The quantitative estimate of drug-likeness (QED) is 0.693. The predicted octanol–water partition coefficient (Wildman–Crippen LogP) is 3.61. The summed E-state index contributed by atoms with van der Waals surface area (Å²) in [4.78, 5) is 11.1. The van der Waals surface area contributed by atoms with Crippen LogP contribution in [0.5, 0.6) is 0 Å². The Bertz CT molecular complexity index is 310. The molecule has 0 radical (unpaired) electrons. The number of carbonyl (C=O) groups is 1. The number of halogens is 2. The summed E-state index contributed by atoms with van der Waals surface area (Å²) in [6.45, 7) is 3.41. The van der Waals surface area contributed by atoms with Crippen LogP contribution < -0.4 is 0 Å². The molecule has 0 saturated carbocycles. The van der Waals surface area contributed by atoms with Crippen LogP contribution in [0.25, 0.3) is 0 Å². The minimum absolute atomic E-state index is 0.0519. The van der Waals surface area contributed by atoms with E-state index < -0.39 is 0 Å². The van der Waals surface area contributed by atoms with E-state index in [1.807, 2.05) is 6.92 Å². The van der Waals surface area contributed by atoms with Gasteiger partial charge < -0.3 is 0 Å². The molecule has 1 aromatic carbocycles. The molecule has 0 bridgehead atoms. The average Bonchev–Trinajstić information content (AvgIpc) is 1.82. The summed E-state index contributed by atoms with van der Waals surface area (Å²) in [5.74, 6) is 0.0519. The third-order valence-electron chi connectivity index (χ3n) is 1.60. The van der Waals surface area contributed by atoms with Crippen LogP contribution in [0.2, 0.25) is 5.02 Å². The van der Waals surface area contributed by atoms with Crippen LogP contribution in [-0.4, -0.2) is 5.78 Å². The smallest absolute Gasteiger partial charge is 0.161 e. The van der Waals surface area contributed by atoms with Crippen molar-refractivity contribution in [2.24, 2.45) is 0 Å². The van der Waals surface area contributed by atoms with Crippen molar-refractivity contribution in [3.05, 3.63) is 32.8 Å². The van der Waals surface area contributed by atoms with Gasteiger partial charge in [-0.1, -0.05) is 11.6 Å². The Morgan fingerprint density at radius 2 is 2.08 bits per heavy atom. The molecule has 0 amide bonds. The minimum atomic E-state index is 0.0519. The Labute approximate surface area is 84.9 Å². The zero-order valence-corrected chi connectivity index (χ0v) is 9.16. The highest BCUT2D eigenvalue weighted by Gasteiger charge is 2.09. The van der Waals surface area contributed by atoms with Gasteiger partial charge in [0, 0.05) is 15.1 Å². The third-order valence-corrected chi connectivity index (χ3v) is 2.45. The first-order valence-corrected chi connectivity index (χ1v) is 4.66. The first-order chi connectivity index (χ1) is 5.52. The van der Waals surface area contributed by atoms with Gasteiger partial charge in [0.1, 0.15) is 0 Å². The monoisotopic (exact) mass is 246 g/mol. The van der Waals surface area contributed by atoms with Gasteiger partial charge in [0.15, 0.2) is 5.78 Å². The molecule has 0 atom stereocenters. The molecule has 1 rings (SSSR count). The molecule has 64 valence electrons. The summed E-state index contributed by atoms with van der Waals surface area (Å²) in [5.41, 5.74) is 1.61. The van der Waals surface area contributed by atoms with Gasteiger partial charge in [0.05, 0.1) is 0 Å². The highest BCUT2D eigenvalue weighted by Crippen LogP contribution is 2.25. The standard InChI is InChI=1S/C9H8BrClO/c1-5-3-7(11)4-8(10)9(5)6(2)12/h3-4H,1-2H3. The number of Topliss-reactive ketones (excluding diaryl/α,β-unsaturated/α-hetero) is 1. The molecule has 0 aliphatic heterocycles. The zero-order valence-electron chi connectivity index (χ0n) is 6.82. The van der Waals surface area contributed by atoms with E-state index in [2.05, 4.69) is 15.9 Å². The molecule has 0 spiro atoms. The summed E-state index contributed by atoms with van der Waals surface area (Å²) in [7, 11) is 0. The van der Waals surface area contributed by atoms with E-state index in [-0.39, 0.29) is 5.78 Å². The van der Waals surface area contributed by atoms with Gasteiger partial charge in [-0.05, 0) is 47.5 Å². The molecular formula is C9H8BrClO. The summed E-state index contributed by atoms with van der Waals surface area (Å²) in [6, 6.07) is 3.51. The largest absolute Gasteiger partial charge is 0.294 e. The summed E-state index contributed by atoms with van der Waals surface area (Å²) in [5, 5.41) is 0.643. The molecule has 0 unspecified atom stereocenters. The molecule has 0 heterocycles. The lowest BCUT2D eigenvalue weighted by Crippen LogP contribution is -1.97. The van der Waals surface area contributed by atoms with Crippen molar-refractivity contribution in [3.8, 4) is 0 Å². The molecular weight excluding hydrogens is 239 g/mol. The SMILES string of the molecule is CC(=O)c1c(C)cc(Cl)cc1Br. The van der Waals surface area contributed by atoms with Crippen molar-refractivity contribution < 1.29 is 4.79 Å². The number of rotatable bonds is 1. The maximum Gasteiger partial charge on any atom is 0.161 e. The van der Waals surface area contributed by atoms with Crippen molar-refractivity contribution >= 4 is 33.3 Å². The molecule has 1 nitrogen and oxygen atoms in total. The normalized spacial score (nSPS) is 10.0. The van der Waals surface area contributed by atoms with Crippen molar-refractivity contribution in [2.75, 3.05) is 0 Å². The zero-order chi connectivity index (χ0) is 9.30. The molecule has 1 aromatic rings. The van der Waals surface area contributed by atoms with E-state index in [0.29, 0.717) is 10.6 Å². The van der Waals surface area contributed by atoms with Gasteiger partial charge >= 0.3 is 0 Å². The van der Waals surface area contributed by atoms with Gasteiger partial charge in [-0.25, -0.2) is 0 Å². The second-order valence-electron chi connectivity index (χ2n) is 2.64. The van der Waals surface area contributed by atoms with E-state index in [1.54, 1.807) is 19.1 Å². The van der Waals surface area contributed by atoms with Gasteiger partial charge in [-0.15, -0.1) is 0 Å². The summed E-state index contributed by atoms with van der Waals surface area (Å²) >= 11 is 9.08. The fourth-order valence-electron chi connectivity index (χ4n) is 1.15. The van der Waals surface area contributed by atoms with Gasteiger partial charge in [-0.2, -0.15) is 0 Å². The van der Waals surface area contributed by atoms with Crippen LogP contribution in [0.15, 0.2) is 16.6 Å². The van der Waals surface area contributed by atoms with Crippen LogP contribution >= 0.6 is 27.5 Å². The Morgan fingerprint density at radius 3 is 2.50 bits per heavy atom. The van der Waals surface area contributed by atoms with Crippen LogP contribution in [0.3, 0.4) is 0 Å². The Hall–Kier alpha value is -0.340. The van der Waals surface area contributed by atoms with Crippen LogP contribution in [0.1, 0.15) is 22.8 Å². The van der Waals surface area contributed by atoms with Gasteiger partial charge in [-0.3, -0.25) is 4.79 Å². The van der Waals surface area contributed by atoms with Crippen LogP contribution in [-0.2, 0) is 0 Å². The number of hydrogen-bond acceptors (Lipinski definition) is 1. The van der Waals surface area contributed by atoms with Crippen LogP contribution in [0.4, 0.5) is 0 Å². The number of carbonyl (C=O) groups excluding carboxylic acids is 1. The third kappa shape index (κ3) is 1.87. The number of benzene rings is 1. The molecule has 12 heavy (non-hydrogen) atoms. The lowest BCUT2D eigenvalue weighted by atomic mass is 10.1. The van der Waals surface area contributed by atoms with Crippen molar-refractivity contribution in [1.82, 2.24) is 0 Å². The Kier molecular flexibility index (Phi) is 2.91. The molecule has 0 aromatic heterocycles. The minimum Gasteiger partial charge on any atom is -0.294 e. The van der Waals surface area contributed by atoms with Gasteiger partial charge in [0.2, 0.25) is 0 Å². The summed E-state index contributed by atoms with van der Waals surface area (Å²) in [6.07, 6.45) is 0. The van der Waals surface area contributed by atoms with Crippen LogP contribution in [0, 0.1) is 6.92 Å². The summed E-state index contributed by atoms with van der Waals surface area (Å²) < 4.78 is 0.764. The fraction of sp³-hybridized carbons (Fsp3) is 0.222. The topological polar surface area (TPSA) is 17.1 Å². The van der Waals surface area contributed by atoms with E-state index in [4.69, 9.17) is 11.6 Å². The van der Waals surface area contributed by atoms with Crippen molar-refractivity contribution in [2.45, 2.75) is 13.8 Å². The second-order valence-corrected chi connectivity index (χ2v) is 3.93. The Balaban J connectivity index is 3.38. The van der Waals surface area contributed by atoms with E-state index in [1.165, 1.54) is 0 Å². The predicted molar refractivity (Wildman–Crippen MR) is 53.9 cm³/mol. The van der Waals surface area contributed by atoms with E-state index >= 15 is 0 Å². The first-order valence-electron chi connectivity index (χ1n) is 3.49. The van der Waals surface area contributed by atoms with Crippen molar-refractivity contribution in [1.29, 1.82) is 0 Å². The molecule has 0 N–H and O–H groups in total. The highest BCUT2D eigenvalue weighted by molar-refractivity contribution is 9.10. The van der Waals surface area contributed by atoms with Gasteiger partial charge in [0.25, 0.3) is 0 Å². The first kappa shape index (κ1) is 9.75. The highest BCUT2D eigenvalue weighted by atomic mass is 79.9. The lowest BCUT2D eigenvalue weighted by molar-refractivity contribution is 0.101. The van der Waals surface area contributed by atoms with Crippen molar-refractivity contribution in [3.63, 3.8) is 0 Å². The fourth-order valence-corrected chi connectivity index (χ4v) is 2.39. The van der Waals surface area contributed by atoms with E-state index in [0.717, 1.165) is 10.0 Å². The number of ketones is 1. The second kappa shape index (κ2) is 3.58. The van der Waals surface area contributed by atoms with E-state index in [9.17, 15) is 4.79 Å². The molecule has 0 saturated heterocycles. The maximum absolute atomic E-state index is 11.1. The molecule has 0 fully saturated rings. The average molecular weight is 248 g/mol. The molecule has 0 aliphatic carbocycles. The molecule has 0 aliphatic rings. The Morgan fingerprint density at radius 1 is 1.50 bits per heavy atom. The maximum atomic E-state index is 11.1.